The van der Waals surface area contributed by atoms with E-state index in [9.17, 15) is 15.3 Å². The van der Waals surface area contributed by atoms with Crippen molar-refractivity contribution >= 4 is 11.4 Å². The molecule has 140 valence electrons. The van der Waals surface area contributed by atoms with Crippen LogP contribution < -0.4 is 9.80 Å². The molecule has 2 unspecified atom stereocenters. The summed E-state index contributed by atoms with van der Waals surface area (Å²) in [5.74, 6) is -0.366. The van der Waals surface area contributed by atoms with E-state index in [0.29, 0.717) is 5.56 Å². The molecule has 1 fully saturated rings. The molecule has 1 saturated carbocycles. The number of aliphatic hydroxyl groups excluding tert-OH is 2. The minimum absolute atomic E-state index is 0.123. The molecule has 0 aliphatic heterocycles. The monoisotopic (exact) mass is 356 g/mol. The first-order valence-electron chi connectivity index (χ1n) is 9.21. The van der Waals surface area contributed by atoms with Gasteiger partial charge in [0.15, 0.2) is 0 Å². The van der Waals surface area contributed by atoms with Crippen molar-refractivity contribution in [2.75, 3.05) is 29.9 Å². The van der Waals surface area contributed by atoms with Crippen LogP contribution in [0.5, 0.6) is 5.75 Å². The van der Waals surface area contributed by atoms with Crippen LogP contribution in [0.1, 0.15) is 25.3 Å². The number of hydrogen-bond donors (Lipinski definition) is 3. The van der Waals surface area contributed by atoms with E-state index in [1.807, 2.05) is 54.4 Å². The maximum atomic E-state index is 10.7. The van der Waals surface area contributed by atoms with E-state index in [0.717, 1.165) is 24.5 Å². The average Bonchev–Trinajstić information content (AvgIpc) is 2.65. The van der Waals surface area contributed by atoms with Crippen LogP contribution in [-0.2, 0) is 0 Å². The van der Waals surface area contributed by atoms with Crippen LogP contribution in [0.25, 0.3) is 0 Å². The quantitative estimate of drug-likeness (QED) is 0.742. The number of likely N-dealkylation sites (N-methyl/N-ethyl adjacent to an activating group) is 1. The zero-order chi connectivity index (χ0) is 18.8. The number of aromatic hydroxyl groups is 1. The maximum absolute atomic E-state index is 10.7. The van der Waals surface area contributed by atoms with E-state index >= 15 is 0 Å². The fraction of sp³-hybridized carbons (Fsp3) is 0.429. The standard InChI is InChI=1S/C21H28N2O3/c1-4-23(5-2)15-11-12-16(17(24)13-15)18-20(25)19(21(18)26)22(3)14-9-7-6-8-10-14/h6-13,18-21,24-26H,4-5H2,1-3H3. The number of rotatable bonds is 6. The van der Waals surface area contributed by atoms with Crippen molar-refractivity contribution < 1.29 is 15.3 Å². The third kappa shape index (κ3) is 3.13. The highest BCUT2D eigenvalue weighted by Gasteiger charge is 2.52. The van der Waals surface area contributed by atoms with E-state index in [1.165, 1.54) is 0 Å². The summed E-state index contributed by atoms with van der Waals surface area (Å²) in [6.07, 6.45) is -1.50. The zero-order valence-electron chi connectivity index (χ0n) is 15.6. The van der Waals surface area contributed by atoms with Gasteiger partial charge in [-0.2, -0.15) is 0 Å². The van der Waals surface area contributed by atoms with Gasteiger partial charge < -0.3 is 25.1 Å². The number of phenolic OH excluding ortho intramolecular Hbond substituents is 1. The first-order chi connectivity index (χ1) is 12.5. The molecular formula is C21H28N2O3. The van der Waals surface area contributed by atoms with Crippen molar-refractivity contribution in [1.82, 2.24) is 0 Å². The fourth-order valence-electron chi connectivity index (χ4n) is 3.94. The van der Waals surface area contributed by atoms with E-state index in [-0.39, 0.29) is 5.75 Å². The van der Waals surface area contributed by atoms with Crippen molar-refractivity contribution in [3.05, 3.63) is 54.1 Å². The minimum Gasteiger partial charge on any atom is -0.508 e. The number of aliphatic hydroxyl groups is 2. The van der Waals surface area contributed by atoms with Gasteiger partial charge in [-0.25, -0.2) is 0 Å². The van der Waals surface area contributed by atoms with E-state index in [1.54, 1.807) is 6.07 Å². The predicted molar refractivity (Wildman–Crippen MR) is 105 cm³/mol. The molecule has 0 heterocycles. The molecule has 0 saturated heterocycles. The summed E-state index contributed by atoms with van der Waals surface area (Å²) in [5.41, 5.74) is 2.48. The third-order valence-electron chi connectivity index (χ3n) is 5.55. The zero-order valence-corrected chi connectivity index (χ0v) is 15.6. The number of phenols is 1. The van der Waals surface area contributed by atoms with Crippen LogP contribution in [0.3, 0.4) is 0 Å². The Labute approximate surface area is 155 Å². The molecule has 1 aliphatic rings. The number of para-hydroxylation sites is 1. The molecule has 5 heteroatoms. The van der Waals surface area contributed by atoms with Crippen LogP contribution in [0.4, 0.5) is 11.4 Å². The highest BCUT2D eigenvalue weighted by molar-refractivity contribution is 5.56. The molecule has 1 aliphatic carbocycles. The molecule has 2 atom stereocenters. The van der Waals surface area contributed by atoms with Gasteiger partial charge in [-0.15, -0.1) is 0 Å². The lowest BCUT2D eigenvalue weighted by Gasteiger charge is -2.51. The van der Waals surface area contributed by atoms with E-state index in [2.05, 4.69) is 18.7 Å². The summed E-state index contributed by atoms with van der Waals surface area (Å²) in [7, 11) is 1.87. The van der Waals surface area contributed by atoms with Gasteiger partial charge in [0.05, 0.1) is 18.2 Å². The Hall–Kier alpha value is -2.24. The minimum atomic E-state index is -0.750. The number of nitrogens with zero attached hydrogens (tertiary/aromatic N) is 2. The Bertz CT molecular complexity index is 723. The molecule has 0 radical (unpaired) electrons. The van der Waals surface area contributed by atoms with Crippen molar-refractivity contribution in [3.63, 3.8) is 0 Å². The summed E-state index contributed by atoms with van der Waals surface area (Å²) in [5, 5.41) is 31.9. The molecular weight excluding hydrogens is 328 g/mol. The van der Waals surface area contributed by atoms with Gasteiger partial charge in [0.2, 0.25) is 0 Å². The van der Waals surface area contributed by atoms with Crippen molar-refractivity contribution in [1.29, 1.82) is 0 Å². The van der Waals surface area contributed by atoms with Crippen LogP contribution in [-0.4, -0.2) is 53.7 Å². The number of hydrogen-bond acceptors (Lipinski definition) is 5. The van der Waals surface area contributed by atoms with Gasteiger partial charge in [0.1, 0.15) is 5.75 Å². The van der Waals surface area contributed by atoms with Gasteiger partial charge in [-0.05, 0) is 32.0 Å². The first kappa shape index (κ1) is 18.5. The van der Waals surface area contributed by atoms with Gasteiger partial charge in [-0.3, -0.25) is 0 Å². The van der Waals surface area contributed by atoms with Crippen LogP contribution in [0.2, 0.25) is 0 Å². The van der Waals surface area contributed by atoms with Crippen molar-refractivity contribution in [3.8, 4) is 5.75 Å². The summed E-state index contributed by atoms with van der Waals surface area (Å²) in [4.78, 5) is 4.04. The Balaban J connectivity index is 1.79. The lowest BCUT2D eigenvalue weighted by Crippen LogP contribution is -2.65. The SMILES string of the molecule is CCN(CC)c1ccc(C2C(O)C(N(C)c3ccccc3)C2O)c(O)c1. The summed E-state index contributed by atoms with van der Waals surface area (Å²) < 4.78 is 0. The molecule has 0 amide bonds. The average molecular weight is 356 g/mol. The lowest BCUT2D eigenvalue weighted by atomic mass is 9.69. The molecule has 0 aromatic heterocycles. The van der Waals surface area contributed by atoms with Crippen molar-refractivity contribution in [2.45, 2.75) is 38.0 Å². The Morgan fingerprint density at radius 3 is 2.04 bits per heavy atom. The second-order valence-electron chi connectivity index (χ2n) is 6.86. The molecule has 26 heavy (non-hydrogen) atoms. The van der Waals surface area contributed by atoms with Crippen LogP contribution >= 0.6 is 0 Å². The molecule has 3 rings (SSSR count). The van der Waals surface area contributed by atoms with Crippen LogP contribution in [0, 0.1) is 0 Å². The topological polar surface area (TPSA) is 67.2 Å². The molecule has 2 aromatic carbocycles. The second-order valence-corrected chi connectivity index (χ2v) is 6.86. The largest absolute Gasteiger partial charge is 0.508 e. The van der Waals surface area contributed by atoms with Crippen LogP contribution in [0.15, 0.2) is 48.5 Å². The summed E-state index contributed by atoms with van der Waals surface area (Å²) >= 11 is 0. The first-order valence-corrected chi connectivity index (χ1v) is 9.21. The molecule has 0 spiro atoms. The van der Waals surface area contributed by atoms with Crippen molar-refractivity contribution in [2.24, 2.45) is 0 Å². The Kier molecular flexibility index (Phi) is 5.39. The Morgan fingerprint density at radius 2 is 1.50 bits per heavy atom. The molecule has 3 N–H and O–H groups in total. The maximum Gasteiger partial charge on any atom is 0.121 e. The second kappa shape index (κ2) is 7.56. The predicted octanol–water partition coefficient (Wildman–Crippen LogP) is 2.56. The van der Waals surface area contributed by atoms with Gasteiger partial charge in [0, 0.05) is 49.1 Å². The normalized spacial score (nSPS) is 24.8. The highest BCUT2D eigenvalue weighted by atomic mass is 16.3. The van der Waals surface area contributed by atoms with Gasteiger partial charge in [-0.1, -0.05) is 24.3 Å². The number of benzene rings is 2. The Morgan fingerprint density at radius 1 is 0.885 bits per heavy atom. The smallest absolute Gasteiger partial charge is 0.121 e. The fourth-order valence-corrected chi connectivity index (χ4v) is 3.94. The lowest BCUT2D eigenvalue weighted by molar-refractivity contribution is -0.0762. The molecule has 5 nitrogen and oxygen atoms in total. The van der Waals surface area contributed by atoms with Gasteiger partial charge >= 0.3 is 0 Å². The molecule has 0 bridgehead atoms. The third-order valence-corrected chi connectivity index (χ3v) is 5.55. The summed E-state index contributed by atoms with van der Waals surface area (Å²) in [6.45, 7) is 5.84. The van der Waals surface area contributed by atoms with E-state index < -0.39 is 24.2 Å². The van der Waals surface area contributed by atoms with Gasteiger partial charge in [0.25, 0.3) is 0 Å². The highest BCUT2D eigenvalue weighted by Crippen LogP contribution is 2.45. The molecule has 2 aromatic rings. The number of anilines is 2. The summed E-state index contributed by atoms with van der Waals surface area (Å²) in [6, 6.07) is 14.8. The van der Waals surface area contributed by atoms with E-state index in [4.69, 9.17) is 0 Å².